The van der Waals surface area contributed by atoms with E-state index in [0.29, 0.717) is 17.9 Å². The number of sulfonamides is 1. The Morgan fingerprint density at radius 3 is 2.38 bits per heavy atom. The van der Waals surface area contributed by atoms with Gasteiger partial charge >= 0.3 is 0 Å². The summed E-state index contributed by atoms with van der Waals surface area (Å²) in [6.07, 6.45) is 1.51. The maximum Gasteiger partial charge on any atom is 0.244 e. The van der Waals surface area contributed by atoms with Gasteiger partial charge in [0.1, 0.15) is 16.4 Å². The van der Waals surface area contributed by atoms with Gasteiger partial charge in [0.15, 0.2) is 0 Å². The van der Waals surface area contributed by atoms with Gasteiger partial charge in [-0.3, -0.25) is 0 Å². The first-order chi connectivity index (χ1) is 11.5. The van der Waals surface area contributed by atoms with Gasteiger partial charge in [0, 0.05) is 12.1 Å². The molecule has 0 bridgehead atoms. The molecule has 2 rings (SSSR count). The molecule has 5 nitrogen and oxygen atoms in total. The van der Waals surface area contributed by atoms with Crippen LogP contribution in [0.3, 0.4) is 0 Å². The summed E-state index contributed by atoms with van der Waals surface area (Å²) >= 11 is 0. The second-order valence-corrected chi connectivity index (χ2v) is 7.25. The monoisotopic (exact) mass is 349 g/mol. The van der Waals surface area contributed by atoms with E-state index >= 15 is 0 Å². The number of methoxy groups -OCH3 is 2. The van der Waals surface area contributed by atoms with Crippen LogP contribution in [0.5, 0.6) is 11.5 Å². The smallest absolute Gasteiger partial charge is 0.244 e. The Labute approximate surface area is 143 Å². The highest BCUT2D eigenvalue weighted by Gasteiger charge is 2.22. The van der Waals surface area contributed by atoms with Gasteiger partial charge < -0.3 is 9.47 Å². The molecule has 0 saturated carbocycles. The molecule has 0 spiro atoms. The molecule has 0 aromatic heterocycles. The fraction of sp³-hybridized carbons (Fsp3) is 0.333. The lowest BCUT2D eigenvalue weighted by atomic mass is 10.1. The van der Waals surface area contributed by atoms with E-state index < -0.39 is 10.0 Å². The van der Waals surface area contributed by atoms with E-state index in [0.717, 1.165) is 6.42 Å². The topological polar surface area (TPSA) is 64.6 Å². The fourth-order valence-electron chi connectivity index (χ4n) is 2.41. The molecule has 2 aromatic rings. The quantitative estimate of drug-likeness (QED) is 0.796. The number of benzene rings is 2. The van der Waals surface area contributed by atoms with Gasteiger partial charge in [-0.25, -0.2) is 13.1 Å². The molecular weight excluding hydrogens is 326 g/mol. The molecule has 0 aliphatic carbocycles. The van der Waals surface area contributed by atoms with Crippen molar-refractivity contribution in [1.29, 1.82) is 0 Å². The van der Waals surface area contributed by atoms with E-state index in [1.807, 2.05) is 37.3 Å². The van der Waals surface area contributed by atoms with Gasteiger partial charge in [0.2, 0.25) is 10.0 Å². The molecule has 0 amide bonds. The van der Waals surface area contributed by atoms with Crippen molar-refractivity contribution in [3.8, 4) is 11.5 Å². The van der Waals surface area contributed by atoms with Crippen LogP contribution in [-0.4, -0.2) is 28.7 Å². The number of ether oxygens (including phenoxy) is 2. The first-order valence-corrected chi connectivity index (χ1v) is 9.23. The minimum atomic E-state index is -3.69. The summed E-state index contributed by atoms with van der Waals surface area (Å²) in [6, 6.07) is 14.5. The van der Waals surface area contributed by atoms with Gasteiger partial charge in [-0.2, -0.15) is 0 Å². The van der Waals surface area contributed by atoms with E-state index in [2.05, 4.69) is 4.72 Å². The van der Waals surface area contributed by atoms with Crippen LogP contribution in [0, 0.1) is 0 Å². The Morgan fingerprint density at radius 1 is 1.04 bits per heavy atom. The summed E-state index contributed by atoms with van der Waals surface area (Å²) in [7, 11) is -0.756. The van der Waals surface area contributed by atoms with Crippen molar-refractivity contribution in [2.45, 2.75) is 30.7 Å². The maximum atomic E-state index is 12.7. The van der Waals surface area contributed by atoms with Crippen molar-refractivity contribution in [3.63, 3.8) is 0 Å². The van der Waals surface area contributed by atoms with Crippen LogP contribution < -0.4 is 14.2 Å². The summed E-state index contributed by atoms with van der Waals surface area (Å²) in [5.41, 5.74) is 1.18. The molecule has 6 heteroatoms. The molecule has 2 aromatic carbocycles. The van der Waals surface area contributed by atoms with Crippen LogP contribution in [0.2, 0.25) is 0 Å². The standard InChI is InChI=1S/C18H23NO4S/c1-14(9-10-15-7-5-4-6-8-15)19-24(20,21)18-13-16(22-2)11-12-17(18)23-3/h4-8,11-14,19H,9-10H2,1-3H3/t14-/m0/s1. The molecule has 0 aliphatic rings. The third-order valence-electron chi connectivity index (χ3n) is 3.73. The predicted octanol–water partition coefficient (Wildman–Crippen LogP) is 3.00. The average Bonchev–Trinajstić information content (AvgIpc) is 2.60. The molecule has 0 unspecified atom stereocenters. The SMILES string of the molecule is COc1ccc(OC)c(S(=O)(=O)N[C@@H](C)CCc2ccccc2)c1. The Balaban J connectivity index is 2.10. The van der Waals surface area contributed by atoms with Crippen molar-refractivity contribution in [3.05, 3.63) is 54.1 Å². The number of hydrogen-bond donors (Lipinski definition) is 1. The Kier molecular flexibility index (Phi) is 6.23. The van der Waals surface area contributed by atoms with Crippen LogP contribution in [0.25, 0.3) is 0 Å². The zero-order chi connectivity index (χ0) is 17.6. The molecular formula is C18H23NO4S. The molecule has 0 heterocycles. The Morgan fingerprint density at radius 2 is 1.75 bits per heavy atom. The van der Waals surface area contributed by atoms with Crippen LogP contribution in [0.15, 0.2) is 53.4 Å². The second kappa shape index (κ2) is 8.17. The second-order valence-electron chi connectivity index (χ2n) is 5.56. The lowest BCUT2D eigenvalue weighted by Gasteiger charge is -2.16. The molecule has 1 atom stereocenters. The normalized spacial score (nSPS) is 12.6. The summed E-state index contributed by atoms with van der Waals surface area (Å²) < 4.78 is 38.3. The largest absolute Gasteiger partial charge is 0.497 e. The molecule has 0 aliphatic heterocycles. The average molecular weight is 349 g/mol. The number of aryl methyl sites for hydroxylation is 1. The number of hydrogen-bond acceptors (Lipinski definition) is 4. The van der Waals surface area contributed by atoms with Crippen LogP contribution in [-0.2, 0) is 16.4 Å². The highest BCUT2D eigenvalue weighted by atomic mass is 32.2. The number of nitrogens with one attached hydrogen (secondary N) is 1. The molecule has 130 valence electrons. The summed E-state index contributed by atoms with van der Waals surface area (Å²) in [4.78, 5) is 0.0795. The summed E-state index contributed by atoms with van der Waals surface area (Å²) in [5.74, 6) is 0.756. The lowest BCUT2D eigenvalue weighted by molar-refractivity contribution is 0.391. The highest BCUT2D eigenvalue weighted by Crippen LogP contribution is 2.28. The zero-order valence-corrected chi connectivity index (χ0v) is 15.0. The van der Waals surface area contributed by atoms with Gasteiger partial charge in [0.25, 0.3) is 0 Å². The zero-order valence-electron chi connectivity index (χ0n) is 14.2. The first kappa shape index (κ1) is 18.3. The first-order valence-electron chi connectivity index (χ1n) is 7.74. The van der Waals surface area contributed by atoms with Crippen molar-refractivity contribution in [1.82, 2.24) is 4.72 Å². The summed E-state index contributed by atoms with van der Waals surface area (Å²) in [6.45, 7) is 1.85. The number of rotatable bonds is 8. The lowest BCUT2D eigenvalue weighted by Crippen LogP contribution is -2.33. The molecule has 1 N–H and O–H groups in total. The van der Waals surface area contributed by atoms with Crippen LogP contribution >= 0.6 is 0 Å². The van der Waals surface area contributed by atoms with Gasteiger partial charge in [-0.15, -0.1) is 0 Å². The maximum absolute atomic E-state index is 12.7. The van der Waals surface area contributed by atoms with E-state index in [9.17, 15) is 8.42 Å². The van der Waals surface area contributed by atoms with Gasteiger partial charge in [-0.05, 0) is 37.5 Å². The van der Waals surface area contributed by atoms with Crippen molar-refractivity contribution >= 4 is 10.0 Å². The molecule has 0 saturated heterocycles. The summed E-state index contributed by atoms with van der Waals surface area (Å²) in [5, 5.41) is 0. The van der Waals surface area contributed by atoms with E-state index in [-0.39, 0.29) is 10.9 Å². The predicted molar refractivity (Wildman–Crippen MR) is 94.1 cm³/mol. The van der Waals surface area contributed by atoms with Crippen LogP contribution in [0.4, 0.5) is 0 Å². The fourth-order valence-corrected chi connectivity index (χ4v) is 3.87. The third-order valence-corrected chi connectivity index (χ3v) is 5.34. The van der Waals surface area contributed by atoms with Gasteiger partial charge in [-0.1, -0.05) is 30.3 Å². The molecule has 0 fully saturated rings. The van der Waals surface area contributed by atoms with Crippen LogP contribution in [0.1, 0.15) is 18.9 Å². The Hall–Kier alpha value is -2.05. The minimum Gasteiger partial charge on any atom is -0.497 e. The van der Waals surface area contributed by atoms with Gasteiger partial charge in [0.05, 0.1) is 14.2 Å². The molecule has 24 heavy (non-hydrogen) atoms. The van der Waals surface area contributed by atoms with Crippen molar-refractivity contribution < 1.29 is 17.9 Å². The third kappa shape index (κ3) is 4.72. The van der Waals surface area contributed by atoms with E-state index in [4.69, 9.17) is 9.47 Å². The van der Waals surface area contributed by atoms with Crippen molar-refractivity contribution in [2.75, 3.05) is 14.2 Å². The van der Waals surface area contributed by atoms with E-state index in [1.165, 1.54) is 25.8 Å². The van der Waals surface area contributed by atoms with Crippen molar-refractivity contribution in [2.24, 2.45) is 0 Å². The minimum absolute atomic E-state index is 0.0795. The molecule has 0 radical (unpaired) electrons. The Bertz CT molecular complexity index is 760. The van der Waals surface area contributed by atoms with E-state index in [1.54, 1.807) is 12.1 Å². The highest BCUT2D eigenvalue weighted by molar-refractivity contribution is 7.89.